The Kier molecular flexibility index (Phi) is 4.66. The van der Waals surface area contributed by atoms with Gasteiger partial charge in [-0.3, -0.25) is 0 Å². The molecule has 19 heavy (non-hydrogen) atoms. The van der Waals surface area contributed by atoms with Gasteiger partial charge in [0.2, 0.25) is 0 Å². The molecule has 2 aromatic heterocycles. The summed E-state index contributed by atoms with van der Waals surface area (Å²) in [5.74, 6) is 0.574. The van der Waals surface area contributed by atoms with Crippen LogP contribution in [0.5, 0.6) is 0 Å². The predicted molar refractivity (Wildman–Crippen MR) is 81.8 cm³/mol. The summed E-state index contributed by atoms with van der Waals surface area (Å²) in [5, 5.41) is 0. The predicted octanol–water partition coefficient (Wildman–Crippen LogP) is 4.25. The molecular weight excluding hydrogens is 278 g/mol. The lowest BCUT2D eigenvalue weighted by Gasteiger charge is -2.20. The van der Waals surface area contributed by atoms with Crippen molar-refractivity contribution >= 4 is 22.9 Å². The maximum Gasteiger partial charge on any atom is 0.0954 e. The van der Waals surface area contributed by atoms with E-state index in [4.69, 9.17) is 17.3 Å². The fourth-order valence-electron chi connectivity index (χ4n) is 2.24. The number of imidazole rings is 1. The number of nitrogens with zero attached hydrogens (tertiary/aromatic N) is 2. The molecule has 2 N–H and O–H groups in total. The molecule has 3 nitrogen and oxygen atoms in total. The first-order valence-corrected chi connectivity index (χ1v) is 7.71. The highest BCUT2D eigenvalue weighted by Crippen LogP contribution is 2.31. The number of nitrogens with two attached hydrogens (primary N) is 1. The number of rotatable bonds is 5. The van der Waals surface area contributed by atoms with Crippen molar-refractivity contribution in [2.45, 2.75) is 39.3 Å². The van der Waals surface area contributed by atoms with E-state index >= 15 is 0 Å². The van der Waals surface area contributed by atoms with Gasteiger partial charge < -0.3 is 10.3 Å². The van der Waals surface area contributed by atoms with Gasteiger partial charge >= 0.3 is 0 Å². The molecular formula is C14H20ClN3S. The Morgan fingerprint density at radius 2 is 2.11 bits per heavy atom. The number of hydrogen-bond acceptors (Lipinski definition) is 3. The second-order valence-electron chi connectivity index (χ2n) is 5.28. The van der Waals surface area contributed by atoms with Crippen molar-refractivity contribution in [3.63, 3.8) is 0 Å². The summed E-state index contributed by atoms with van der Waals surface area (Å²) in [6, 6.07) is 4.24. The Balaban J connectivity index is 2.23. The van der Waals surface area contributed by atoms with Crippen LogP contribution in [0.3, 0.4) is 0 Å². The van der Waals surface area contributed by atoms with Gasteiger partial charge in [-0.15, -0.1) is 11.3 Å². The van der Waals surface area contributed by atoms with Crippen molar-refractivity contribution in [2.24, 2.45) is 11.7 Å². The van der Waals surface area contributed by atoms with Gasteiger partial charge in [0, 0.05) is 17.1 Å². The molecule has 0 fully saturated rings. The first-order chi connectivity index (χ1) is 8.99. The van der Waals surface area contributed by atoms with E-state index in [9.17, 15) is 0 Å². The molecule has 0 aliphatic carbocycles. The number of thiophene rings is 1. The van der Waals surface area contributed by atoms with E-state index in [2.05, 4.69) is 36.4 Å². The van der Waals surface area contributed by atoms with Gasteiger partial charge in [-0.2, -0.15) is 0 Å². The number of aromatic nitrogens is 2. The van der Waals surface area contributed by atoms with E-state index in [-0.39, 0.29) is 12.1 Å². The van der Waals surface area contributed by atoms with Crippen LogP contribution in [0.1, 0.15) is 49.8 Å². The molecule has 2 rings (SSSR count). The van der Waals surface area contributed by atoms with Crippen molar-refractivity contribution < 1.29 is 0 Å². The lowest BCUT2D eigenvalue weighted by Crippen LogP contribution is -2.19. The topological polar surface area (TPSA) is 43.8 Å². The van der Waals surface area contributed by atoms with Crippen LogP contribution in [0.2, 0.25) is 4.34 Å². The maximum atomic E-state index is 6.28. The van der Waals surface area contributed by atoms with Crippen molar-refractivity contribution in [1.82, 2.24) is 9.55 Å². The standard InChI is InChI=1S/C14H20ClN3S/c1-9(2)6-11(16)12-7-17-8-18(12)10(3)13-4-5-14(15)19-13/h4-5,7-11H,6,16H2,1-3H3. The second-order valence-corrected chi connectivity index (χ2v) is 7.03. The summed E-state index contributed by atoms with van der Waals surface area (Å²) in [7, 11) is 0. The first kappa shape index (κ1) is 14.6. The molecule has 0 radical (unpaired) electrons. The molecule has 2 unspecified atom stereocenters. The zero-order chi connectivity index (χ0) is 14.0. The van der Waals surface area contributed by atoms with Crippen molar-refractivity contribution in [3.05, 3.63) is 39.6 Å². The van der Waals surface area contributed by atoms with E-state index in [1.54, 1.807) is 11.3 Å². The molecule has 2 heterocycles. The quantitative estimate of drug-likeness (QED) is 0.896. The summed E-state index contributed by atoms with van der Waals surface area (Å²) in [6.07, 6.45) is 4.69. The van der Waals surface area contributed by atoms with Crippen LogP contribution in [0.25, 0.3) is 0 Å². The molecule has 104 valence electrons. The molecule has 0 spiro atoms. The molecule has 0 aliphatic heterocycles. The maximum absolute atomic E-state index is 6.28. The van der Waals surface area contributed by atoms with Crippen LogP contribution in [-0.4, -0.2) is 9.55 Å². The summed E-state index contributed by atoms with van der Waals surface area (Å²) in [4.78, 5) is 5.48. The normalized spacial score (nSPS) is 14.8. The van der Waals surface area contributed by atoms with Gasteiger partial charge in [-0.1, -0.05) is 25.4 Å². The van der Waals surface area contributed by atoms with Crippen LogP contribution in [0.15, 0.2) is 24.7 Å². The first-order valence-electron chi connectivity index (χ1n) is 6.51. The van der Waals surface area contributed by atoms with Gasteiger partial charge in [0.25, 0.3) is 0 Å². The van der Waals surface area contributed by atoms with Gasteiger partial charge in [0.15, 0.2) is 0 Å². The summed E-state index contributed by atoms with van der Waals surface area (Å²) >= 11 is 7.61. The lowest BCUT2D eigenvalue weighted by molar-refractivity contribution is 0.476. The van der Waals surface area contributed by atoms with Crippen LogP contribution in [0, 0.1) is 5.92 Å². The molecule has 0 saturated heterocycles. The molecule has 0 aliphatic rings. The molecule has 0 aromatic carbocycles. The zero-order valence-electron chi connectivity index (χ0n) is 11.5. The summed E-state index contributed by atoms with van der Waals surface area (Å²) in [6.45, 7) is 6.52. The van der Waals surface area contributed by atoms with Gasteiger partial charge in [-0.25, -0.2) is 4.98 Å². The Morgan fingerprint density at radius 3 is 2.68 bits per heavy atom. The highest BCUT2D eigenvalue weighted by molar-refractivity contribution is 7.16. The third-order valence-corrected chi connectivity index (χ3v) is 4.63. The van der Waals surface area contributed by atoms with E-state index in [0.29, 0.717) is 5.92 Å². The summed E-state index contributed by atoms with van der Waals surface area (Å²) in [5.41, 5.74) is 7.37. The molecule has 0 saturated carbocycles. The molecule has 5 heteroatoms. The second kappa shape index (κ2) is 6.07. The third kappa shape index (κ3) is 3.38. The van der Waals surface area contributed by atoms with E-state index in [1.807, 2.05) is 18.6 Å². The minimum Gasteiger partial charge on any atom is -0.325 e. The van der Waals surface area contributed by atoms with E-state index in [0.717, 1.165) is 16.5 Å². The molecule has 0 amide bonds. The Hall–Kier alpha value is -0.840. The van der Waals surface area contributed by atoms with Crippen LogP contribution in [-0.2, 0) is 0 Å². The van der Waals surface area contributed by atoms with E-state index < -0.39 is 0 Å². The smallest absolute Gasteiger partial charge is 0.0954 e. The summed E-state index contributed by atoms with van der Waals surface area (Å²) < 4.78 is 2.96. The highest BCUT2D eigenvalue weighted by Gasteiger charge is 2.18. The lowest BCUT2D eigenvalue weighted by atomic mass is 10.0. The largest absolute Gasteiger partial charge is 0.325 e. The van der Waals surface area contributed by atoms with Crippen molar-refractivity contribution in [3.8, 4) is 0 Å². The third-order valence-electron chi connectivity index (χ3n) is 3.22. The van der Waals surface area contributed by atoms with Crippen molar-refractivity contribution in [2.75, 3.05) is 0 Å². The minimum atomic E-state index is 0.0281. The fourth-order valence-corrected chi connectivity index (χ4v) is 3.36. The Morgan fingerprint density at radius 1 is 1.37 bits per heavy atom. The Bertz CT molecular complexity index is 532. The number of halogens is 1. The van der Waals surface area contributed by atoms with Gasteiger partial charge in [-0.05, 0) is 31.4 Å². The van der Waals surface area contributed by atoms with Crippen LogP contribution >= 0.6 is 22.9 Å². The van der Waals surface area contributed by atoms with Gasteiger partial charge in [0.1, 0.15) is 0 Å². The number of hydrogen-bond donors (Lipinski definition) is 1. The van der Waals surface area contributed by atoms with Crippen LogP contribution in [0.4, 0.5) is 0 Å². The van der Waals surface area contributed by atoms with Gasteiger partial charge in [0.05, 0.1) is 22.4 Å². The highest BCUT2D eigenvalue weighted by atomic mass is 35.5. The molecule has 0 bridgehead atoms. The zero-order valence-corrected chi connectivity index (χ0v) is 13.1. The fraction of sp³-hybridized carbons (Fsp3) is 0.500. The molecule has 2 aromatic rings. The molecule has 2 atom stereocenters. The van der Waals surface area contributed by atoms with Crippen LogP contribution < -0.4 is 5.73 Å². The monoisotopic (exact) mass is 297 g/mol. The average molecular weight is 298 g/mol. The minimum absolute atomic E-state index is 0.0281. The van der Waals surface area contributed by atoms with Crippen molar-refractivity contribution in [1.29, 1.82) is 0 Å². The average Bonchev–Trinajstić information content (AvgIpc) is 2.95. The van der Waals surface area contributed by atoms with E-state index in [1.165, 1.54) is 4.88 Å². The Labute approximate surface area is 123 Å². The SMILES string of the molecule is CC(C)CC(N)c1cncn1C(C)c1ccc(Cl)s1.